The lowest BCUT2D eigenvalue weighted by Crippen LogP contribution is -2.41. The van der Waals surface area contributed by atoms with Crippen LogP contribution in [0.3, 0.4) is 0 Å². The van der Waals surface area contributed by atoms with Gasteiger partial charge < -0.3 is 15.2 Å². The van der Waals surface area contributed by atoms with Gasteiger partial charge >= 0.3 is 5.97 Å². The first-order valence-electron chi connectivity index (χ1n) is 6.54. The zero-order valence-corrected chi connectivity index (χ0v) is 12.2. The Morgan fingerprint density at radius 2 is 1.70 bits per heavy atom. The first kappa shape index (κ1) is 16.0. The van der Waals surface area contributed by atoms with Gasteiger partial charge in [-0.05, 0) is 38.5 Å². The number of ether oxygens (including phenoxy) is 1. The van der Waals surface area contributed by atoms with Crippen LogP contribution in [0, 0.1) is 5.92 Å². The first-order chi connectivity index (χ1) is 9.36. The van der Waals surface area contributed by atoms with E-state index in [1.54, 1.807) is 40.0 Å². The van der Waals surface area contributed by atoms with E-state index in [1.807, 2.05) is 12.1 Å². The minimum Gasteiger partial charge on any atom is -0.497 e. The zero-order valence-electron chi connectivity index (χ0n) is 12.2. The maximum atomic E-state index is 12.1. The molecule has 0 aromatic heterocycles. The number of rotatable bonds is 6. The molecule has 0 saturated heterocycles. The molecule has 0 fully saturated rings. The van der Waals surface area contributed by atoms with Crippen LogP contribution in [0.2, 0.25) is 0 Å². The largest absolute Gasteiger partial charge is 0.497 e. The summed E-state index contributed by atoms with van der Waals surface area (Å²) in [5.41, 5.74) is 0.860. The Labute approximate surface area is 118 Å². The second-order valence-electron chi connectivity index (χ2n) is 4.92. The van der Waals surface area contributed by atoms with Crippen LogP contribution < -0.4 is 10.1 Å². The van der Waals surface area contributed by atoms with Crippen molar-refractivity contribution >= 4 is 11.9 Å². The third-order valence-corrected chi connectivity index (χ3v) is 3.52. The van der Waals surface area contributed by atoms with E-state index >= 15 is 0 Å². The standard InChI is InChI=1S/C15H21NO4/c1-9(15(18)19)11(3)16-14(17)10(2)12-5-7-13(20-4)8-6-12/h5-11H,1-4H3,(H,16,17)(H,18,19). The average molecular weight is 279 g/mol. The number of nitrogens with one attached hydrogen (secondary N) is 1. The Morgan fingerprint density at radius 3 is 2.15 bits per heavy atom. The molecule has 2 N–H and O–H groups in total. The number of methoxy groups -OCH3 is 1. The topological polar surface area (TPSA) is 75.6 Å². The fraction of sp³-hybridized carbons (Fsp3) is 0.467. The van der Waals surface area contributed by atoms with E-state index in [2.05, 4.69) is 5.32 Å². The van der Waals surface area contributed by atoms with Gasteiger partial charge in [0.25, 0.3) is 0 Å². The summed E-state index contributed by atoms with van der Waals surface area (Å²) in [6.45, 7) is 5.05. The van der Waals surface area contributed by atoms with Crippen molar-refractivity contribution in [1.29, 1.82) is 0 Å². The average Bonchev–Trinajstić information content (AvgIpc) is 2.45. The highest BCUT2D eigenvalue weighted by atomic mass is 16.5. The normalized spacial score (nSPS) is 15.0. The summed E-state index contributed by atoms with van der Waals surface area (Å²) in [7, 11) is 1.58. The van der Waals surface area contributed by atoms with Crippen LogP contribution in [0.4, 0.5) is 0 Å². The lowest BCUT2D eigenvalue weighted by Gasteiger charge is -2.20. The number of carboxylic acids is 1. The van der Waals surface area contributed by atoms with Crippen LogP contribution in [-0.2, 0) is 9.59 Å². The molecule has 110 valence electrons. The molecule has 1 aromatic rings. The number of carbonyl (C=O) groups excluding carboxylic acids is 1. The summed E-state index contributed by atoms with van der Waals surface area (Å²) in [5, 5.41) is 11.7. The third kappa shape index (κ3) is 3.98. The van der Waals surface area contributed by atoms with Crippen molar-refractivity contribution in [3.8, 4) is 5.75 Å². The lowest BCUT2D eigenvalue weighted by atomic mass is 9.98. The molecule has 5 heteroatoms. The quantitative estimate of drug-likeness (QED) is 0.835. The number of benzene rings is 1. The number of hydrogen-bond acceptors (Lipinski definition) is 3. The van der Waals surface area contributed by atoms with E-state index in [-0.39, 0.29) is 11.8 Å². The van der Waals surface area contributed by atoms with Gasteiger partial charge in [-0.3, -0.25) is 9.59 Å². The third-order valence-electron chi connectivity index (χ3n) is 3.52. The van der Waals surface area contributed by atoms with E-state index in [0.29, 0.717) is 0 Å². The van der Waals surface area contributed by atoms with Crippen molar-refractivity contribution in [2.24, 2.45) is 5.92 Å². The van der Waals surface area contributed by atoms with E-state index in [9.17, 15) is 9.59 Å². The number of carbonyl (C=O) groups is 2. The highest BCUT2D eigenvalue weighted by molar-refractivity contribution is 5.84. The van der Waals surface area contributed by atoms with Gasteiger partial charge in [-0.1, -0.05) is 12.1 Å². The maximum Gasteiger partial charge on any atom is 0.308 e. The lowest BCUT2D eigenvalue weighted by molar-refractivity contribution is -0.142. The number of carboxylic acid groups (broad SMARTS) is 1. The van der Waals surface area contributed by atoms with Crippen LogP contribution in [0.25, 0.3) is 0 Å². The van der Waals surface area contributed by atoms with Crippen molar-refractivity contribution in [1.82, 2.24) is 5.32 Å². The molecule has 0 radical (unpaired) electrons. The van der Waals surface area contributed by atoms with Gasteiger partial charge in [-0.25, -0.2) is 0 Å². The van der Waals surface area contributed by atoms with Crippen molar-refractivity contribution in [2.75, 3.05) is 7.11 Å². The fourth-order valence-corrected chi connectivity index (χ4v) is 1.73. The molecule has 0 bridgehead atoms. The Hall–Kier alpha value is -2.04. The Kier molecular flexibility index (Phi) is 5.55. The number of amides is 1. The maximum absolute atomic E-state index is 12.1. The van der Waals surface area contributed by atoms with Crippen molar-refractivity contribution in [2.45, 2.75) is 32.7 Å². The summed E-state index contributed by atoms with van der Waals surface area (Å²) >= 11 is 0. The molecule has 3 atom stereocenters. The van der Waals surface area contributed by atoms with Crippen molar-refractivity contribution < 1.29 is 19.4 Å². The molecule has 20 heavy (non-hydrogen) atoms. The Balaban J connectivity index is 2.68. The second-order valence-corrected chi connectivity index (χ2v) is 4.92. The summed E-state index contributed by atoms with van der Waals surface area (Å²) in [5.74, 6) is -1.34. The van der Waals surface area contributed by atoms with E-state index in [4.69, 9.17) is 9.84 Å². The molecule has 0 saturated carbocycles. The molecule has 0 aliphatic carbocycles. The van der Waals surface area contributed by atoms with E-state index in [1.165, 1.54) is 0 Å². The molecule has 0 aliphatic heterocycles. The van der Waals surface area contributed by atoms with Gasteiger partial charge in [0.2, 0.25) is 5.91 Å². The molecular weight excluding hydrogens is 258 g/mol. The molecule has 1 aromatic carbocycles. The van der Waals surface area contributed by atoms with Crippen molar-refractivity contribution in [3.05, 3.63) is 29.8 Å². The van der Waals surface area contributed by atoms with Gasteiger partial charge in [0, 0.05) is 6.04 Å². The molecule has 3 unspecified atom stereocenters. The van der Waals surface area contributed by atoms with Crippen molar-refractivity contribution in [3.63, 3.8) is 0 Å². The molecule has 1 amide bonds. The van der Waals surface area contributed by atoms with Gasteiger partial charge in [0.1, 0.15) is 5.75 Å². The molecule has 0 heterocycles. The van der Waals surface area contributed by atoms with Crippen LogP contribution in [0.1, 0.15) is 32.3 Å². The van der Waals surface area contributed by atoms with Crippen LogP contribution >= 0.6 is 0 Å². The minimum absolute atomic E-state index is 0.184. The Bertz CT molecular complexity index is 469. The summed E-state index contributed by atoms with van der Waals surface area (Å²) in [6.07, 6.45) is 0. The minimum atomic E-state index is -0.921. The van der Waals surface area contributed by atoms with Crippen LogP contribution in [0.15, 0.2) is 24.3 Å². The zero-order chi connectivity index (χ0) is 15.3. The monoisotopic (exact) mass is 279 g/mol. The molecule has 5 nitrogen and oxygen atoms in total. The van der Waals surface area contributed by atoms with Gasteiger partial charge in [-0.15, -0.1) is 0 Å². The highest BCUT2D eigenvalue weighted by Gasteiger charge is 2.23. The second kappa shape index (κ2) is 6.93. The Morgan fingerprint density at radius 1 is 1.15 bits per heavy atom. The van der Waals surface area contributed by atoms with Crippen LogP contribution in [-0.4, -0.2) is 30.1 Å². The van der Waals surface area contributed by atoms with E-state index in [0.717, 1.165) is 11.3 Å². The molecular formula is C15H21NO4. The van der Waals surface area contributed by atoms with Crippen LogP contribution in [0.5, 0.6) is 5.75 Å². The summed E-state index contributed by atoms with van der Waals surface area (Å²) < 4.78 is 5.07. The SMILES string of the molecule is COc1ccc(C(C)C(=O)NC(C)C(C)C(=O)O)cc1. The van der Waals surface area contributed by atoms with E-state index < -0.39 is 17.9 Å². The van der Waals surface area contributed by atoms with Gasteiger partial charge in [0.05, 0.1) is 18.9 Å². The fourth-order valence-electron chi connectivity index (χ4n) is 1.73. The highest BCUT2D eigenvalue weighted by Crippen LogP contribution is 2.19. The summed E-state index contributed by atoms with van der Waals surface area (Å²) in [4.78, 5) is 23.0. The predicted molar refractivity (Wildman–Crippen MR) is 75.8 cm³/mol. The number of hydrogen-bond donors (Lipinski definition) is 2. The van der Waals surface area contributed by atoms with Gasteiger partial charge in [0.15, 0.2) is 0 Å². The number of aliphatic carboxylic acids is 1. The summed E-state index contributed by atoms with van der Waals surface area (Å²) in [6, 6.07) is 6.83. The first-order valence-corrected chi connectivity index (χ1v) is 6.54. The molecule has 1 rings (SSSR count). The molecule has 0 spiro atoms. The predicted octanol–water partition coefficient (Wildman–Crippen LogP) is 2.02. The van der Waals surface area contributed by atoms with Gasteiger partial charge in [-0.2, -0.15) is 0 Å². The molecule has 0 aliphatic rings. The smallest absolute Gasteiger partial charge is 0.308 e.